The fourth-order valence-corrected chi connectivity index (χ4v) is 4.43. The van der Waals surface area contributed by atoms with E-state index in [0.29, 0.717) is 12.2 Å². The molecule has 0 N–H and O–H groups in total. The molecule has 0 fully saturated rings. The lowest BCUT2D eigenvalue weighted by atomic mass is 10.1. The summed E-state index contributed by atoms with van der Waals surface area (Å²) in [5.41, 5.74) is 3.24. The van der Waals surface area contributed by atoms with Crippen molar-refractivity contribution >= 4 is 33.8 Å². The molecule has 0 aliphatic heterocycles. The van der Waals surface area contributed by atoms with Gasteiger partial charge in [-0.3, -0.25) is 4.79 Å². The number of carbonyl (C=O) groups excluding carboxylic acids is 1. The van der Waals surface area contributed by atoms with Gasteiger partial charge in [0, 0.05) is 15.1 Å². The number of benzene rings is 2. The van der Waals surface area contributed by atoms with Gasteiger partial charge in [-0.05, 0) is 73.0 Å². The van der Waals surface area contributed by atoms with Gasteiger partial charge in [0.1, 0.15) is 12.0 Å². The van der Waals surface area contributed by atoms with E-state index in [1.807, 2.05) is 30.4 Å². The van der Waals surface area contributed by atoms with Crippen molar-refractivity contribution in [2.45, 2.75) is 33.1 Å². The van der Waals surface area contributed by atoms with Crippen molar-refractivity contribution in [3.8, 4) is 5.75 Å². The third-order valence-electron chi connectivity index (χ3n) is 4.39. The Hall–Kier alpha value is -2.39. The molecule has 0 radical (unpaired) electrons. The Kier molecular flexibility index (Phi) is 6.24. The predicted octanol–water partition coefficient (Wildman–Crippen LogP) is 6.32. The molecule has 2 aromatic carbocycles. The Balaban J connectivity index is 1.72. The molecule has 3 rings (SSSR count). The van der Waals surface area contributed by atoms with E-state index >= 15 is 0 Å². The molecule has 0 aliphatic carbocycles. The van der Waals surface area contributed by atoms with E-state index in [4.69, 9.17) is 4.74 Å². The molecule has 0 saturated heterocycles. The SMILES string of the molecule is CCOc1cc(C=O)cc(CC/C=C/c2sc3ccccc3c2CC)c1. The highest BCUT2D eigenvalue weighted by Crippen LogP contribution is 2.32. The lowest BCUT2D eigenvalue weighted by molar-refractivity contribution is 0.112. The molecule has 1 aromatic heterocycles. The average Bonchev–Trinajstić information content (AvgIpc) is 3.02. The van der Waals surface area contributed by atoms with Crippen molar-refractivity contribution in [2.75, 3.05) is 6.61 Å². The van der Waals surface area contributed by atoms with Gasteiger partial charge < -0.3 is 4.74 Å². The van der Waals surface area contributed by atoms with Crippen LogP contribution in [-0.4, -0.2) is 12.9 Å². The molecule has 1 heterocycles. The number of fused-ring (bicyclic) bond motifs is 1. The number of aldehydes is 1. The van der Waals surface area contributed by atoms with Crippen molar-refractivity contribution < 1.29 is 9.53 Å². The van der Waals surface area contributed by atoms with Gasteiger partial charge >= 0.3 is 0 Å². The molecule has 0 unspecified atom stereocenters. The topological polar surface area (TPSA) is 26.3 Å². The van der Waals surface area contributed by atoms with Crippen LogP contribution in [-0.2, 0) is 12.8 Å². The summed E-state index contributed by atoms with van der Waals surface area (Å²) in [6.45, 7) is 4.77. The van der Waals surface area contributed by atoms with Gasteiger partial charge in [0.2, 0.25) is 0 Å². The van der Waals surface area contributed by atoms with Crippen LogP contribution in [0.15, 0.2) is 48.5 Å². The van der Waals surface area contributed by atoms with Crippen LogP contribution in [0.1, 0.15) is 46.6 Å². The van der Waals surface area contributed by atoms with E-state index in [1.165, 1.54) is 20.5 Å². The molecule has 26 heavy (non-hydrogen) atoms. The molecule has 3 heteroatoms. The van der Waals surface area contributed by atoms with Crippen LogP contribution in [0.2, 0.25) is 0 Å². The van der Waals surface area contributed by atoms with E-state index in [1.54, 1.807) is 6.07 Å². The largest absolute Gasteiger partial charge is 0.494 e. The van der Waals surface area contributed by atoms with Crippen molar-refractivity contribution in [1.82, 2.24) is 0 Å². The number of ether oxygens (including phenoxy) is 1. The summed E-state index contributed by atoms with van der Waals surface area (Å²) in [4.78, 5) is 12.5. The third kappa shape index (κ3) is 4.23. The molecular formula is C23H24O2S. The first-order valence-electron chi connectivity index (χ1n) is 9.14. The number of rotatable bonds is 8. The summed E-state index contributed by atoms with van der Waals surface area (Å²) in [6.07, 6.45) is 8.24. The second kappa shape index (κ2) is 8.81. The van der Waals surface area contributed by atoms with Crippen LogP contribution in [0, 0.1) is 0 Å². The van der Waals surface area contributed by atoms with Crippen molar-refractivity contribution in [1.29, 1.82) is 0 Å². The van der Waals surface area contributed by atoms with Crippen LogP contribution in [0.5, 0.6) is 5.75 Å². The number of thiophene rings is 1. The van der Waals surface area contributed by atoms with E-state index in [2.05, 4.69) is 43.3 Å². The number of hydrogen-bond acceptors (Lipinski definition) is 3. The Bertz CT molecular complexity index is 921. The monoisotopic (exact) mass is 364 g/mol. The summed E-state index contributed by atoms with van der Waals surface area (Å²) >= 11 is 1.86. The summed E-state index contributed by atoms with van der Waals surface area (Å²) in [6, 6.07) is 14.4. The maximum Gasteiger partial charge on any atom is 0.150 e. The van der Waals surface area contributed by atoms with Crippen LogP contribution >= 0.6 is 11.3 Å². The first kappa shape index (κ1) is 18.4. The molecule has 0 atom stereocenters. The minimum atomic E-state index is 0.605. The fraction of sp³-hybridized carbons (Fsp3) is 0.261. The van der Waals surface area contributed by atoms with Crippen molar-refractivity contribution in [2.24, 2.45) is 0 Å². The molecule has 134 valence electrons. The van der Waals surface area contributed by atoms with Crippen molar-refractivity contribution in [3.63, 3.8) is 0 Å². The van der Waals surface area contributed by atoms with Crippen LogP contribution in [0.25, 0.3) is 16.2 Å². The van der Waals surface area contributed by atoms with Crippen LogP contribution in [0.4, 0.5) is 0 Å². The molecular weight excluding hydrogens is 340 g/mol. The standard InChI is InChI=1S/C23H24O2S/c1-3-20-21-10-6-8-12-23(21)26-22(20)11-7-5-9-17-13-18(16-24)15-19(14-17)25-4-2/h6-8,10-16H,3-5,9H2,1-2H3/b11-7+. The number of carbonyl (C=O) groups is 1. The molecule has 0 spiro atoms. The Morgan fingerprint density at radius 3 is 2.73 bits per heavy atom. The molecule has 0 amide bonds. The van der Waals surface area contributed by atoms with Gasteiger partial charge in [0.25, 0.3) is 0 Å². The Morgan fingerprint density at radius 2 is 1.96 bits per heavy atom. The normalized spacial score (nSPS) is 11.3. The van der Waals surface area contributed by atoms with Gasteiger partial charge in [0.15, 0.2) is 0 Å². The lowest BCUT2D eigenvalue weighted by Crippen LogP contribution is -1.95. The summed E-state index contributed by atoms with van der Waals surface area (Å²) in [7, 11) is 0. The van der Waals surface area contributed by atoms with Gasteiger partial charge in [-0.1, -0.05) is 31.2 Å². The van der Waals surface area contributed by atoms with E-state index in [-0.39, 0.29) is 0 Å². The quantitative estimate of drug-likeness (QED) is 0.437. The predicted molar refractivity (Wildman–Crippen MR) is 112 cm³/mol. The summed E-state index contributed by atoms with van der Waals surface area (Å²) < 4.78 is 6.90. The number of aryl methyl sites for hydroxylation is 2. The Morgan fingerprint density at radius 1 is 1.12 bits per heavy atom. The summed E-state index contributed by atoms with van der Waals surface area (Å²) in [5, 5.41) is 1.37. The number of allylic oxidation sites excluding steroid dienone is 1. The zero-order chi connectivity index (χ0) is 18.4. The summed E-state index contributed by atoms with van der Waals surface area (Å²) in [5.74, 6) is 0.772. The molecule has 3 aromatic rings. The fourth-order valence-electron chi connectivity index (χ4n) is 3.21. The number of hydrogen-bond donors (Lipinski definition) is 0. The average molecular weight is 365 g/mol. The zero-order valence-electron chi connectivity index (χ0n) is 15.3. The van der Waals surface area contributed by atoms with Crippen molar-refractivity contribution in [3.05, 3.63) is 70.1 Å². The smallest absolute Gasteiger partial charge is 0.150 e. The van der Waals surface area contributed by atoms with Crippen LogP contribution in [0.3, 0.4) is 0 Å². The maximum atomic E-state index is 11.1. The van der Waals surface area contributed by atoms with Gasteiger partial charge in [-0.2, -0.15) is 0 Å². The maximum absolute atomic E-state index is 11.1. The molecule has 0 aliphatic rings. The van der Waals surface area contributed by atoms with Gasteiger partial charge in [0.05, 0.1) is 6.61 Å². The minimum absolute atomic E-state index is 0.605. The lowest BCUT2D eigenvalue weighted by Gasteiger charge is -2.07. The third-order valence-corrected chi connectivity index (χ3v) is 5.57. The second-order valence-electron chi connectivity index (χ2n) is 6.20. The van der Waals surface area contributed by atoms with Gasteiger partial charge in [-0.15, -0.1) is 11.3 Å². The minimum Gasteiger partial charge on any atom is -0.494 e. The van der Waals surface area contributed by atoms with E-state index in [0.717, 1.165) is 36.9 Å². The molecule has 2 nitrogen and oxygen atoms in total. The first-order chi connectivity index (χ1) is 12.7. The highest BCUT2D eigenvalue weighted by Gasteiger charge is 2.07. The Labute approximate surface area is 159 Å². The highest BCUT2D eigenvalue weighted by atomic mass is 32.1. The highest BCUT2D eigenvalue weighted by molar-refractivity contribution is 7.20. The van der Waals surface area contributed by atoms with E-state index in [9.17, 15) is 4.79 Å². The second-order valence-corrected chi connectivity index (χ2v) is 7.28. The zero-order valence-corrected chi connectivity index (χ0v) is 16.1. The van der Waals surface area contributed by atoms with Crippen LogP contribution < -0.4 is 4.74 Å². The first-order valence-corrected chi connectivity index (χ1v) is 9.95. The molecule has 0 saturated carbocycles. The molecule has 0 bridgehead atoms. The van der Waals surface area contributed by atoms with Gasteiger partial charge in [-0.25, -0.2) is 0 Å². The van der Waals surface area contributed by atoms with E-state index < -0.39 is 0 Å².